The molecule has 1 heterocycles. The maximum atomic E-state index is 12.8. The standard InChI is InChI=1S/C17H13F3N2O4S/c1-11-6-8-12(9-7-11)16-21-15(22-26-16)10-25-13-4-2-3-5-14(13)27(23,24)17(18,19)20/h2-9H,10H2,1H3. The molecule has 0 atom stereocenters. The van der Waals surface area contributed by atoms with Crippen LogP contribution in [0.25, 0.3) is 11.5 Å². The fraction of sp³-hybridized carbons (Fsp3) is 0.176. The predicted molar refractivity (Wildman–Crippen MR) is 88.5 cm³/mol. The lowest BCUT2D eigenvalue weighted by Gasteiger charge is -2.12. The molecule has 0 bridgehead atoms. The summed E-state index contributed by atoms with van der Waals surface area (Å²) in [4.78, 5) is 3.12. The van der Waals surface area contributed by atoms with Gasteiger partial charge in [-0.15, -0.1) is 0 Å². The number of halogens is 3. The number of ether oxygens (including phenoxy) is 1. The summed E-state index contributed by atoms with van der Waals surface area (Å²) in [6.45, 7) is 1.56. The Labute approximate surface area is 152 Å². The molecule has 6 nitrogen and oxygen atoms in total. The highest BCUT2D eigenvalue weighted by Gasteiger charge is 2.48. The van der Waals surface area contributed by atoms with Crippen molar-refractivity contribution in [2.75, 3.05) is 0 Å². The van der Waals surface area contributed by atoms with Crippen molar-refractivity contribution in [2.45, 2.75) is 23.9 Å². The molecule has 3 rings (SSSR count). The Bertz CT molecular complexity index is 1040. The fourth-order valence-corrected chi connectivity index (χ4v) is 3.08. The molecule has 0 amide bonds. The average Bonchev–Trinajstić information content (AvgIpc) is 3.09. The van der Waals surface area contributed by atoms with Crippen molar-refractivity contribution < 1.29 is 30.8 Å². The maximum absolute atomic E-state index is 12.8. The van der Waals surface area contributed by atoms with Crippen LogP contribution >= 0.6 is 0 Å². The fourth-order valence-electron chi connectivity index (χ4n) is 2.18. The van der Waals surface area contributed by atoms with E-state index in [0.717, 1.165) is 17.7 Å². The second-order valence-corrected chi connectivity index (χ2v) is 7.48. The Kier molecular flexibility index (Phi) is 4.92. The number of benzene rings is 2. The molecule has 0 aliphatic heterocycles. The van der Waals surface area contributed by atoms with E-state index >= 15 is 0 Å². The third-order valence-electron chi connectivity index (χ3n) is 3.57. The van der Waals surface area contributed by atoms with Crippen molar-refractivity contribution in [3.05, 3.63) is 59.9 Å². The summed E-state index contributed by atoms with van der Waals surface area (Å²) >= 11 is 0. The van der Waals surface area contributed by atoms with E-state index in [4.69, 9.17) is 9.26 Å². The van der Waals surface area contributed by atoms with Gasteiger partial charge in [-0.3, -0.25) is 0 Å². The average molecular weight is 398 g/mol. The number of hydrogen-bond acceptors (Lipinski definition) is 6. The van der Waals surface area contributed by atoms with Crippen molar-refractivity contribution in [3.8, 4) is 17.2 Å². The van der Waals surface area contributed by atoms with E-state index in [-0.39, 0.29) is 18.3 Å². The van der Waals surface area contributed by atoms with E-state index in [1.54, 1.807) is 12.1 Å². The third-order valence-corrected chi connectivity index (χ3v) is 5.09. The van der Waals surface area contributed by atoms with Crippen LogP contribution in [0.1, 0.15) is 11.4 Å². The lowest BCUT2D eigenvalue weighted by molar-refractivity contribution is -0.0437. The Hall–Kier alpha value is -2.88. The van der Waals surface area contributed by atoms with Gasteiger partial charge in [-0.1, -0.05) is 35.0 Å². The first-order chi connectivity index (χ1) is 12.7. The van der Waals surface area contributed by atoms with Gasteiger partial charge in [-0.05, 0) is 31.2 Å². The zero-order valence-electron chi connectivity index (χ0n) is 13.9. The summed E-state index contributed by atoms with van der Waals surface area (Å²) in [6, 6.07) is 11.7. The molecule has 0 aliphatic carbocycles. The predicted octanol–water partition coefficient (Wildman–Crippen LogP) is 3.92. The van der Waals surface area contributed by atoms with Crippen LogP contribution in [0.5, 0.6) is 5.75 Å². The van der Waals surface area contributed by atoms with Gasteiger partial charge in [0.05, 0.1) is 0 Å². The quantitative estimate of drug-likeness (QED) is 0.648. The molecule has 0 saturated heterocycles. The number of rotatable bonds is 5. The summed E-state index contributed by atoms with van der Waals surface area (Å²) < 4.78 is 72.0. The van der Waals surface area contributed by atoms with Crippen LogP contribution in [-0.2, 0) is 16.4 Å². The van der Waals surface area contributed by atoms with Gasteiger partial charge in [-0.2, -0.15) is 18.2 Å². The third kappa shape index (κ3) is 3.95. The molecule has 27 heavy (non-hydrogen) atoms. The molecule has 3 aromatic rings. The zero-order chi connectivity index (χ0) is 19.7. The van der Waals surface area contributed by atoms with Crippen LogP contribution in [-0.4, -0.2) is 24.1 Å². The van der Waals surface area contributed by atoms with Crippen LogP contribution in [0.4, 0.5) is 13.2 Å². The molecular formula is C17H13F3N2O4S. The number of hydrogen-bond donors (Lipinski definition) is 0. The highest BCUT2D eigenvalue weighted by Crippen LogP contribution is 2.35. The molecule has 2 aromatic carbocycles. The Morgan fingerprint density at radius 2 is 1.74 bits per heavy atom. The van der Waals surface area contributed by atoms with E-state index in [2.05, 4.69) is 10.1 Å². The molecule has 0 fully saturated rings. The van der Waals surface area contributed by atoms with Crippen LogP contribution < -0.4 is 4.74 Å². The number of aryl methyl sites for hydroxylation is 1. The highest BCUT2D eigenvalue weighted by atomic mass is 32.2. The van der Waals surface area contributed by atoms with Crippen molar-refractivity contribution in [3.63, 3.8) is 0 Å². The van der Waals surface area contributed by atoms with Crippen LogP contribution in [0, 0.1) is 6.92 Å². The monoisotopic (exact) mass is 398 g/mol. The van der Waals surface area contributed by atoms with Gasteiger partial charge in [0, 0.05) is 5.56 Å². The first kappa shape index (κ1) is 18.9. The lowest BCUT2D eigenvalue weighted by atomic mass is 10.1. The number of para-hydroxylation sites is 1. The normalized spacial score (nSPS) is 12.1. The van der Waals surface area contributed by atoms with Gasteiger partial charge in [0.1, 0.15) is 10.6 Å². The zero-order valence-corrected chi connectivity index (χ0v) is 14.7. The van der Waals surface area contributed by atoms with Crippen molar-refractivity contribution in [1.29, 1.82) is 0 Å². The molecule has 0 aliphatic rings. The summed E-state index contributed by atoms with van der Waals surface area (Å²) in [5, 5.41) is 3.69. The van der Waals surface area contributed by atoms with Crippen molar-refractivity contribution in [1.82, 2.24) is 10.1 Å². The number of alkyl halides is 3. The van der Waals surface area contributed by atoms with E-state index in [1.807, 2.05) is 19.1 Å². The molecule has 0 saturated carbocycles. The second kappa shape index (κ2) is 7.03. The van der Waals surface area contributed by atoms with Gasteiger partial charge in [0.2, 0.25) is 5.82 Å². The van der Waals surface area contributed by atoms with E-state index in [1.165, 1.54) is 12.1 Å². The van der Waals surface area contributed by atoms with Gasteiger partial charge in [0.15, 0.2) is 6.61 Å². The van der Waals surface area contributed by atoms with Gasteiger partial charge < -0.3 is 9.26 Å². The largest absolute Gasteiger partial charge is 0.502 e. The van der Waals surface area contributed by atoms with E-state index in [9.17, 15) is 21.6 Å². The Morgan fingerprint density at radius 1 is 1.07 bits per heavy atom. The molecule has 1 aromatic heterocycles. The SMILES string of the molecule is Cc1ccc(-c2nc(COc3ccccc3S(=O)(=O)C(F)(F)F)no2)cc1. The number of sulfone groups is 1. The summed E-state index contributed by atoms with van der Waals surface area (Å²) in [5.74, 6) is -0.175. The minimum absolute atomic E-state index is 0.0600. The highest BCUT2D eigenvalue weighted by molar-refractivity contribution is 7.92. The summed E-state index contributed by atoms with van der Waals surface area (Å²) in [5.41, 5.74) is -3.72. The Balaban J connectivity index is 1.80. The van der Waals surface area contributed by atoms with Crippen molar-refractivity contribution >= 4 is 9.84 Å². The minimum Gasteiger partial charge on any atom is -0.484 e. The van der Waals surface area contributed by atoms with E-state index < -0.39 is 26.0 Å². The molecule has 10 heteroatoms. The maximum Gasteiger partial charge on any atom is 0.502 e. The van der Waals surface area contributed by atoms with Gasteiger partial charge in [0.25, 0.3) is 15.7 Å². The first-order valence-corrected chi connectivity index (χ1v) is 9.09. The van der Waals surface area contributed by atoms with E-state index in [0.29, 0.717) is 5.56 Å². The first-order valence-electron chi connectivity index (χ1n) is 7.61. The summed E-state index contributed by atoms with van der Waals surface area (Å²) in [7, 11) is -5.54. The van der Waals surface area contributed by atoms with Crippen LogP contribution in [0.2, 0.25) is 0 Å². The Morgan fingerprint density at radius 3 is 2.41 bits per heavy atom. The topological polar surface area (TPSA) is 82.3 Å². The van der Waals surface area contributed by atoms with Crippen molar-refractivity contribution in [2.24, 2.45) is 0 Å². The second-order valence-electron chi connectivity index (χ2n) is 5.57. The molecule has 0 spiro atoms. The van der Waals surface area contributed by atoms with Crippen LogP contribution in [0.3, 0.4) is 0 Å². The molecule has 0 unspecified atom stereocenters. The van der Waals surface area contributed by atoms with Crippen LogP contribution in [0.15, 0.2) is 57.9 Å². The smallest absolute Gasteiger partial charge is 0.484 e. The summed E-state index contributed by atoms with van der Waals surface area (Å²) in [6.07, 6.45) is 0. The molecule has 142 valence electrons. The van der Waals surface area contributed by atoms with Gasteiger partial charge >= 0.3 is 5.51 Å². The number of nitrogens with zero attached hydrogens (tertiary/aromatic N) is 2. The molecular weight excluding hydrogens is 385 g/mol. The lowest BCUT2D eigenvalue weighted by Crippen LogP contribution is -2.23. The molecule has 0 N–H and O–H groups in total. The number of aromatic nitrogens is 2. The van der Waals surface area contributed by atoms with Gasteiger partial charge in [-0.25, -0.2) is 8.42 Å². The minimum atomic E-state index is -5.54. The molecule has 0 radical (unpaired) electrons.